The predicted molar refractivity (Wildman–Crippen MR) is 153 cm³/mol. The number of aromatic nitrogens is 2. The molecule has 1 fully saturated rings. The quantitative estimate of drug-likeness (QED) is 0.292. The molecular formula is C28H30N6O3S. The first-order valence-electron chi connectivity index (χ1n) is 12.4. The third-order valence-electron chi connectivity index (χ3n) is 6.43. The number of nitrogens with zero attached hydrogens (tertiary/aromatic N) is 3. The van der Waals surface area contributed by atoms with Gasteiger partial charge in [-0.15, -0.1) is 0 Å². The Balaban J connectivity index is 1.15. The molecule has 0 spiro atoms. The molecule has 4 aromatic rings. The van der Waals surface area contributed by atoms with Crippen LogP contribution in [0.1, 0.15) is 10.4 Å². The molecule has 1 aromatic heterocycles. The lowest BCUT2D eigenvalue weighted by Crippen LogP contribution is -2.44. The van der Waals surface area contributed by atoms with Gasteiger partial charge in [-0.3, -0.25) is 9.59 Å². The van der Waals surface area contributed by atoms with Gasteiger partial charge < -0.3 is 30.2 Å². The topological polar surface area (TPSA) is 103 Å². The average Bonchev–Trinajstić information content (AvgIpc) is 3.35. The van der Waals surface area contributed by atoms with Gasteiger partial charge in [-0.25, -0.2) is 4.98 Å². The van der Waals surface area contributed by atoms with Crippen molar-refractivity contribution in [3.63, 3.8) is 0 Å². The molecule has 196 valence electrons. The van der Waals surface area contributed by atoms with Crippen LogP contribution >= 0.6 is 11.8 Å². The molecule has 1 saturated heterocycles. The summed E-state index contributed by atoms with van der Waals surface area (Å²) < 4.78 is 5.28. The summed E-state index contributed by atoms with van der Waals surface area (Å²) in [6.07, 6.45) is 0. The first-order chi connectivity index (χ1) is 18.5. The predicted octanol–water partition coefficient (Wildman–Crippen LogP) is 4.31. The average molecular weight is 531 g/mol. The molecule has 2 heterocycles. The molecule has 5 rings (SSSR count). The van der Waals surface area contributed by atoms with E-state index in [1.54, 1.807) is 24.3 Å². The number of carbonyl (C=O) groups excluding carboxylic acids is 2. The van der Waals surface area contributed by atoms with Crippen LogP contribution in [0.15, 0.2) is 71.9 Å². The van der Waals surface area contributed by atoms with E-state index in [1.807, 2.05) is 30.3 Å². The highest BCUT2D eigenvalue weighted by Crippen LogP contribution is 2.25. The zero-order valence-corrected chi connectivity index (χ0v) is 22.2. The normalized spacial score (nSPS) is 13.9. The van der Waals surface area contributed by atoms with Crippen molar-refractivity contribution < 1.29 is 14.3 Å². The molecule has 2 amide bonds. The van der Waals surface area contributed by atoms with Gasteiger partial charge in [-0.1, -0.05) is 23.9 Å². The SMILES string of the molecule is COc1ccccc1C(=O)Nc1ccc2nc(SCC(=O)Nc3ccc(N4CCN(C)CC4)cc3)[nH]c2c1. The smallest absolute Gasteiger partial charge is 0.259 e. The van der Waals surface area contributed by atoms with Gasteiger partial charge in [0.2, 0.25) is 5.91 Å². The van der Waals surface area contributed by atoms with E-state index in [0.29, 0.717) is 22.2 Å². The van der Waals surface area contributed by atoms with Crippen LogP contribution in [0.4, 0.5) is 17.1 Å². The third-order valence-corrected chi connectivity index (χ3v) is 7.30. The van der Waals surface area contributed by atoms with Crippen LogP contribution in [0.2, 0.25) is 0 Å². The summed E-state index contributed by atoms with van der Waals surface area (Å²) in [6, 6.07) is 20.5. The first kappa shape index (κ1) is 25.6. The largest absolute Gasteiger partial charge is 0.496 e. The number of carbonyl (C=O) groups is 2. The molecule has 1 aliphatic rings. The monoisotopic (exact) mass is 530 g/mol. The summed E-state index contributed by atoms with van der Waals surface area (Å²) >= 11 is 1.33. The van der Waals surface area contributed by atoms with Crippen molar-refractivity contribution >= 4 is 51.7 Å². The van der Waals surface area contributed by atoms with E-state index < -0.39 is 0 Å². The Morgan fingerprint density at radius 3 is 2.47 bits per heavy atom. The van der Waals surface area contributed by atoms with Crippen molar-refractivity contribution in [2.75, 3.05) is 61.6 Å². The molecule has 10 heteroatoms. The zero-order chi connectivity index (χ0) is 26.5. The number of rotatable bonds is 8. The Morgan fingerprint density at radius 1 is 0.974 bits per heavy atom. The number of ether oxygens (including phenoxy) is 1. The number of imidazole rings is 1. The highest BCUT2D eigenvalue weighted by molar-refractivity contribution is 7.99. The number of nitrogens with one attached hydrogen (secondary N) is 3. The molecule has 0 atom stereocenters. The molecule has 0 unspecified atom stereocenters. The Bertz CT molecular complexity index is 1430. The van der Waals surface area contributed by atoms with E-state index in [2.05, 4.69) is 49.6 Å². The summed E-state index contributed by atoms with van der Waals surface area (Å²) in [4.78, 5) is 37.7. The maximum Gasteiger partial charge on any atom is 0.259 e. The van der Waals surface area contributed by atoms with Gasteiger partial charge in [0.25, 0.3) is 5.91 Å². The number of anilines is 3. The van der Waals surface area contributed by atoms with E-state index in [1.165, 1.54) is 24.6 Å². The number of likely N-dealkylation sites (N-methyl/N-ethyl adjacent to an activating group) is 1. The first-order valence-corrected chi connectivity index (χ1v) is 13.4. The van der Waals surface area contributed by atoms with E-state index in [4.69, 9.17) is 4.74 Å². The number of benzene rings is 3. The Kier molecular flexibility index (Phi) is 7.81. The number of fused-ring (bicyclic) bond motifs is 1. The fourth-order valence-corrected chi connectivity index (χ4v) is 5.00. The van der Waals surface area contributed by atoms with Gasteiger partial charge in [-0.05, 0) is 61.6 Å². The zero-order valence-electron chi connectivity index (χ0n) is 21.4. The van der Waals surface area contributed by atoms with Crippen molar-refractivity contribution in [2.45, 2.75) is 5.16 Å². The summed E-state index contributed by atoms with van der Waals surface area (Å²) in [7, 11) is 3.67. The number of amides is 2. The second-order valence-corrected chi connectivity index (χ2v) is 10.1. The van der Waals surface area contributed by atoms with Crippen molar-refractivity contribution in [1.29, 1.82) is 0 Å². The molecule has 0 bridgehead atoms. The minimum atomic E-state index is -0.260. The summed E-state index contributed by atoms with van der Waals surface area (Å²) in [5.41, 5.74) is 4.55. The molecule has 0 radical (unpaired) electrons. The lowest BCUT2D eigenvalue weighted by Gasteiger charge is -2.34. The van der Waals surface area contributed by atoms with Crippen LogP contribution in [0.3, 0.4) is 0 Å². The van der Waals surface area contributed by atoms with Crippen molar-refractivity contribution in [3.8, 4) is 5.75 Å². The number of aromatic amines is 1. The van der Waals surface area contributed by atoms with Gasteiger partial charge in [0.15, 0.2) is 5.16 Å². The van der Waals surface area contributed by atoms with Gasteiger partial charge >= 0.3 is 0 Å². The Hall–Kier alpha value is -4.02. The molecule has 38 heavy (non-hydrogen) atoms. The van der Waals surface area contributed by atoms with Gasteiger partial charge in [0.05, 0.1) is 29.5 Å². The highest BCUT2D eigenvalue weighted by Gasteiger charge is 2.15. The number of piperazine rings is 1. The maximum absolute atomic E-state index is 12.7. The highest BCUT2D eigenvalue weighted by atomic mass is 32.2. The van der Waals surface area contributed by atoms with Crippen molar-refractivity contribution in [3.05, 3.63) is 72.3 Å². The number of para-hydroxylation sites is 1. The Labute approximate surface area is 225 Å². The molecule has 0 saturated carbocycles. The maximum atomic E-state index is 12.7. The van der Waals surface area contributed by atoms with Gasteiger partial charge in [0.1, 0.15) is 5.75 Å². The van der Waals surface area contributed by atoms with Crippen LogP contribution in [-0.4, -0.2) is 72.8 Å². The van der Waals surface area contributed by atoms with E-state index in [0.717, 1.165) is 42.9 Å². The van der Waals surface area contributed by atoms with Crippen LogP contribution < -0.4 is 20.3 Å². The van der Waals surface area contributed by atoms with E-state index in [-0.39, 0.29) is 17.6 Å². The lowest BCUT2D eigenvalue weighted by atomic mass is 10.2. The van der Waals surface area contributed by atoms with Crippen LogP contribution in [0.5, 0.6) is 5.75 Å². The lowest BCUT2D eigenvalue weighted by molar-refractivity contribution is -0.113. The molecule has 0 aliphatic carbocycles. The summed E-state index contributed by atoms with van der Waals surface area (Å²) in [5.74, 6) is 0.365. The second kappa shape index (κ2) is 11.6. The van der Waals surface area contributed by atoms with Crippen LogP contribution in [0.25, 0.3) is 11.0 Å². The van der Waals surface area contributed by atoms with E-state index in [9.17, 15) is 9.59 Å². The van der Waals surface area contributed by atoms with Crippen molar-refractivity contribution in [2.24, 2.45) is 0 Å². The number of methoxy groups -OCH3 is 1. The molecule has 1 aliphatic heterocycles. The molecule has 9 nitrogen and oxygen atoms in total. The van der Waals surface area contributed by atoms with Gasteiger partial charge in [-0.2, -0.15) is 0 Å². The number of hydrogen-bond acceptors (Lipinski definition) is 7. The minimum Gasteiger partial charge on any atom is -0.496 e. The van der Waals surface area contributed by atoms with E-state index >= 15 is 0 Å². The number of H-pyrrole nitrogens is 1. The minimum absolute atomic E-state index is 0.104. The second-order valence-electron chi connectivity index (χ2n) is 9.10. The molecule has 3 N–H and O–H groups in total. The number of hydrogen-bond donors (Lipinski definition) is 3. The van der Waals surface area contributed by atoms with Gasteiger partial charge in [0, 0.05) is 43.2 Å². The fraction of sp³-hybridized carbons (Fsp3) is 0.250. The summed E-state index contributed by atoms with van der Waals surface area (Å²) in [5, 5.41) is 6.48. The molecule has 3 aromatic carbocycles. The summed E-state index contributed by atoms with van der Waals surface area (Å²) in [6.45, 7) is 4.12. The Morgan fingerprint density at radius 2 is 1.71 bits per heavy atom. The van der Waals surface area contributed by atoms with Crippen LogP contribution in [0, 0.1) is 0 Å². The van der Waals surface area contributed by atoms with Crippen molar-refractivity contribution in [1.82, 2.24) is 14.9 Å². The molecular weight excluding hydrogens is 500 g/mol. The number of thioether (sulfide) groups is 1. The standard InChI is InChI=1S/C28H30N6O3S/c1-33-13-15-34(16-14-33)21-10-7-19(8-11-21)29-26(35)18-38-28-31-23-12-9-20(17-24(23)32-28)30-27(36)22-5-3-4-6-25(22)37-2/h3-12,17H,13-16,18H2,1-2H3,(H,29,35)(H,30,36)(H,31,32). The fourth-order valence-electron chi connectivity index (χ4n) is 4.31. The van der Waals surface area contributed by atoms with Crippen LogP contribution in [-0.2, 0) is 4.79 Å². The third kappa shape index (κ3) is 6.09.